The molecule has 3 aromatic rings. The van der Waals surface area contributed by atoms with Gasteiger partial charge in [0, 0.05) is 50.9 Å². The van der Waals surface area contributed by atoms with Crippen LogP contribution in [0.15, 0.2) is 72.8 Å². The normalized spacial score (nSPS) is 17.9. The van der Waals surface area contributed by atoms with E-state index < -0.39 is 12.1 Å². The number of carbonyl (C=O) groups is 2. The zero-order valence-electron chi connectivity index (χ0n) is 23.9. The van der Waals surface area contributed by atoms with Crippen LogP contribution in [0.2, 0.25) is 10.0 Å². The van der Waals surface area contributed by atoms with E-state index in [0.29, 0.717) is 15.6 Å². The maximum Gasteiger partial charge on any atom is 0.490 e. The lowest BCUT2D eigenvalue weighted by atomic mass is 10.1. The van der Waals surface area contributed by atoms with Gasteiger partial charge >= 0.3 is 12.1 Å². The number of hydrogen-bond donors (Lipinski definition) is 2. The highest BCUT2D eigenvalue weighted by Crippen LogP contribution is 2.24. The van der Waals surface area contributed by atoms with Crippen molar-refractivity contribution in [2.45, 2.75) is 50.7 Å². The molecule has 0 saturated carbocycles. The molecule has 0 unspecified atom stereocenters. The zero-order valence-corrected chi connectivity index (χ0v) is 25.4. The number of aliphatic carboxylic acids is 1. The minimum atomic E-state index is -5.08. The second-order valence-corrected chi connectivity index (χ2v) is 11.7. The Hall–Kier alpha value is -3.31. The van der Waals surface area contributed by atoms with Crippen molar-refractivity contribution < 1.29 is 32.6 Å². The topological polar surface area (TPSA) is 82.1 Å². The Morgan fingerprint density at radius 2 is 1.43 bits per heavy atom. The van der Waals surface area contributed by atoms with E-state index in [1.165, 1.54) is 11.1 Å². The third-order valence-electron chi connectivity index (χ3n) is 7.45. The predicted octanol–water partition coefficient (Wildman–Crippen LogP) is 6.67. The SMILES string of the molecule is O=C(N[C@H]1CCN(Cc2ccc(OC3CCN(Cc4ccccc4)CC3)cc2)C1)c1ccc(Cl)c(Cl)c1.O=C(O)C(F)(F)F. The maximum atomic E-state index is 12.6. The van der Waals surface area contributed by atoms with Crippen LogP contribution in [0.5, 0.6) is 5.75 Å². The van der Waals surface area contributed by atoms with Gasteiger partial charge in [-0.25, -0.2) is 4.79 Å². The van der Waals surface area contributed by atoms with Gasteiger partial charge in [-0.05, 0) is 60.7 Å². The average molecular weight is 653 g/mol. The number of likely N-dealkylation sites (tertiary alicyclic amines) is 2. The number of hydrogen-bond acceptors (Lipinski definition) is 5. The first-order valence-corrected chi connectivity index (χ1v) is 15.0. The van der Waals surface area contributed by atoms with E-state index in [1.54, 1.807) is 18.2 Å². The van der Waals surface area contributed by atoms with Crippen LogP contribution >= 0.6 is 23.2 Å². The van der Waals surface area contributed by atoms with E-state index in [2.05, 4.69) is 69.7 Å². The number of halogens is 5. The number of benzene rings is 3. The average Bonchev–Trinajstić information content (AvgIpc) is 3.43. The number of piperidine rings is 1. The smallest absolute Gasteiger partial charge is 0.490 e. The van der Waals surface area contributed by atoms with E-state index in [4.69, 9.17) is 37.8 Å². The number of nitrogens with zero attached hydrogens (tertiary/aromatic N) is 2. The minimum absolute atomic E-state index is 0.113. The van der Waals surface area contributed by atoms with Crippen molar-refractivity contribution >= 4 is 35.1 Å². The van der Waals surface area contributed by atoms with Crippen molar-refractivity contribution in [3.8, 4) is 5.75 Å². The first kappa shape index (κ1) is 33.6. The molecule has 0 radical (unpaired) electrons. The van der Waals surface area contributed by atoms with Gasteiger partial charge < -0.3 is 15.2 Å². The van der Waals surface area contributed by atoms with Gasteiger partial charge in [-0.3, -0.25) is 14.6 Å². The molecule has 2 aliphatic heterocycles. The van der Waals surface area contributed by atoms with Crippen LogP contribution in [0.1, 0.15) is 40.7 Å². The summed E-state index contributed by atoms with van der Waals surface area (Å²) in [6, 6.07) is 24.2. The van der Waals surface area contributed by atoms with E-state index in [9.17, 15) is 18.0 Å². The molecule has 3 aromatic carbocycles. The van der Waals surface area contributed by atoms with Crippen LogP contribution in [-0.4, -0.2) is 71.3 Å². The molecule has 7 nitrogen and oxygen atoms in total. The minimum Gasteiger partial charge on any atom is -0.490 e. The van der Waals surface area contributed by atoms with Gasteiger partial charge in [-0.2, -0.15) is 13.2 Å². The fraction of sp³-hybridized carbons (Fsp3) is 0.375. The summed E-state index contributed by atoms with van der Waals surface area (Å²) in [4.78, 5) is 26.4. The van der Waals surface area contributed by atoms with E-state index in [1.807, 2.05) is 0 Å². The van der Waals surface area contributed by atoms with Gasteiger partial charge in [0.1, 0.15) is 11.9 Å². The Morgan fingerprint density at radius 1 is 0.841 bits per heavy atom. The molecule has 2 fully saturated rings. The van der Waals surface area contributed by atoms with Crippen LogP contribution in [0.25, 0.3) is 0 Å². The molecule has 2 saturated heterocycles. The highest BCUT2D eigenvalue weighted by atomic mass is 35.5. The summed E-state index contributed by atoms with van der Waals surface area (Å²) in [5, 5.41) is 11.1. The Morgan fingerprint density at radius 3 is 2.05 bits per heavy atom. The van der Waals surface area contributed by atoms with E-state index in [0.717, 1.165) is 64.3 Å². The quantitative estimate of drug-likeness (QED) is 0.283. The molecule has 2 heterocycles. The molecule has 44 heavy (non-hydrogen) atoms. The van der Waals surface area contributed by atoms with Crippen LogP contribution < -0.4 is 10.1 Å². The first-order chi connectivity index (χ1) is 21.0. The van der Waals surface area contributed by atoms with Crippen LogP contribution in [0, 0.1) is 0 Å². The monoisotopic (exact) mass is 651 g/mol. The summed E-state index contributed by atoms with van der Waals surface area (Å²) in [5.41, 5.74) is 3.16. The number of carbonyl (C=O) groups excluding carboxylic acids is 1. The molecule has 236 valence electrons. The van der Waals surface area contributed by atoms with Crippen molar-refractivity contribution in [2.24, 2.45) is 0 Å². The first-order valence-electron chi connectivity index (χ1n) is 14.3. The standard InChI is InChI=1S/C30H33Cl2N3O2.C2HF3O2/c31-28-11-8-24(18-29(28)32)30(36)33-25-12-15-35(21-25)20-23-6-9-26(10-7-23)37-27-13-16-34(17-14-27)19-22-4-2-1-3-5-22;3-2(4,5)1(6)7/h1-11,18,25,27H,12-17,19-21H2,(H,33,36);(H,6,7)/t25-;/m0./s1. The van der Waals surface area contributed by atoms with Crippen molar-refractivity contribution in [3.05, 3.63) is 99.5 Å². The van der Waals surface area contributed by atoms with Crippen molar-refractivity contribution in [3.63, 3.8) is 0 Å². The molecular weight excluding hydrogens is 618 g/mol. The fourth-order valence-corrected chi connectivity index (χ4v) is 5.45. The molecule has 0 bridgehead atoms. The lowest BCUT2D eigenvalue weighted by Crippen LogP contribution is -2.37. The third-order valence-corrected chi connectivity index (χ3v) is 8.19. The van der Waals surface area contributed by atoms with Gasteiger partial charge in [-0.1, -0.05) is 65.7 Å². The van der Waals surface area contributed by atoms with Gasteiger partial charge in [0.05, 0.1) is 10.0 Å². The molecule has 12 heteroatoms. The molecule has 0 aliphatic carbocycles. The summed E-state index contributed by atoms with van der Waals surface area (Å²) in [6.45, 7) is 5.78. The summed E-state index contributed by atoms with van der Waals surface area (Å²) >= 11 is 12.0. The number of amides is 1. The van der Waals surface area contributed by atoms with Gasteiger partial charge in [0.15, 0.2) is 0 Å². The maximum absolute atomic E-state index is 12.6. The largest absolute Gasteiger partial charge is 0.490 e. The molecule has 5 rings (SSSR count). The molecular formula is C32H34Cl2F3N3O4. The summed E-state index contributed by atoms with van der Waals surface area (Å²) in [6.07, 6.45) is -1.77. The Bertz CT molecular complexity index is 1390. The summed E-state index contributed by atoms with van der Waals surface area (Å²) < 4.78 is 38.0. The van der Waals surface area contributed by atoms with Crippen molar-refractivity contribution in [1.29, 1.82) is 0 Å². The van der Waals surface area contributed by atoms with Crippen molar-refractivity contribution in [1.82, 2.24) is 15.1 Å². The van der Waals surface area contributed by atoms with Crippen LogP contribution in [-0.2, 0) is 17.9 Å². The summed E-state index contributed by atoms with van der Waals surface area (Å²) in [5.74, 6) is -1.93. The van der Waals surface area contributed by atoms with Gasteiger partial charge in [-0.15, -0.1) is 0 Å². The number of rotatable bonds is 8. The number of ether oxygens (including phenoxy) is 1. The van der Waals surface area contributed by atoms with E-state index in [-0.39, 0.29) is 18.1 Å². The molecule has 1 amide bonds. The third kappa shape index (κ3) is 10.4. The van der Waals surface area contributed by atoms with Gasteiger partial charge in [0.25, 0.3) is 5.91 Å². The van der Waals surface area contributed by atoms with Crippen LogP contribution in [0.4, 0.5) is 13.2 Å². The second kappa shape index (κ2) is 15.6. The zero-order chi connectivity index (χ0) is 31.7. The Labute approximate surface area is 264 Å². The second-order valence-electron chi connectivity index (χ2n) is 10.8. The summed E-state index contributed by atoms with van der Waals surface area (Å²) in [7, 11) is 0. The number of carboxylic acids is 1. The van der Waals surface area contributed by atoms with Crippen LogP contribution in [0.3, 0.4) is 0 Å². The highest BCUT2D eigenvalue weighted by molar-refractivity contribution is 6.42. The molecule has 0 aromatic heterocycles. The number of nitrogens with one attached hydrogen (secondary N) is 1. The predicted molar refractivity (Wildman–Crippen MR) is 163 cm³/mol. The molecule has 0 spiro atoms. The fourth-order valence-electron chi connectivity index (χ4n) is 5.15. The lowest BCUT2D eigenvalue weighted by Gasteiger charge is -2.32. The van der Waals surface area contributed by atoms with Gasteiger partial charge in [0.2, 0.25) is 0 Å². The highest BCUT2D eigenvalue weighted by Gasteiger charge is 2.38. The van der Waals surface area contributed by atoms with E-state index >= 15 is 0 Å². The van der Waals surface area contributed by atoms with Crippen molar-refractivity contribution in [2.75, 3.05) is 26.2 Å². The number of alkyl halides is 3. The number of carboxylic acid groups (broad SMARTS) is 1. The lowest BCUT2D eigenvalue weighted by molar-refractivity contribution is -0.192. The Balaban J connectivity index is 0.000000566. The Kier molecular flexibility index (Phi) is 11.9. The molecule has 2 aliphatic rings. The molecule has 2 N–H and O–H groups in total. The molecule has 1 atom stereocenters.